The molecule has 1 heterocycles. The van der Waals surface area contributed by atoms with Gasteiger partial charge in [0.15, 0.2) is 0 Å². The van der Waals surface area contributed by atoms with Crippen LogP contribution < -0.4 is 16.0 Å². The monoisotopic (exact) mass is 348 g/mol. The SMILES string of the molecule is CCOC(=O)Nc1cccc(NC(=O)N[C@H](C)c2nccs2)c1C. The number of hydrogen-bond acceptors (Lipinski definition) is 5. The highest BCUT2D eigenvalue weighted by atomic mass is 32.1. The van der Waals surface area contributed by atoms with E-state index in [1.807, 2.05) is 12.3 Å². The van der Waals surface area contributed by atoms with Crippen LogP contribution in [0.3, 0.4) is 0 Å². The highest BCUT2D eigenvalue weighted by molar-refractivity contribution is 7.09. The Morgan fingerprint density at radius 1 is 1.29 bits per heavy atom. The number of nitrogens with zero attached hydrogens (tertiary/aromatic N) is 1. The highest BCUT2D eigenvalue weighted by Gasteiger charge is 2.14. The number of aromatic nitrogens is 1. The molecule has 24 heavy (non-hydrogen) atoms. The lowest BCUT2D eigenvalue weighted by Crippen LogP contribution is -2.31. The second-order valence-corrected chi connectivity index (χ2v) is 5.94. The van der Waals surface area contributed by atoms with Crippen LogP contribution in [0.1, 0.15) is 30.5 Å². The zero-order chi connectivity index (χ0) is 17.5. The van der Waals surface area contributed by atoms with Gasteiger partial charge in [-0.1, -0.05) is 6.07 Å². The van der Waals surface area contributed by atoms with Crippen molar-refractivity contribution in [2.75, 3.05) is 17.2 Å². The molecule has 7 nitrogen and oxygen atoms in total. The van der Waals surface area contributed by atoms with Crippen molar-refractivity contribution in [3.8, 4) is 0 Å². The summed E-state index contributed by atoms with van der Waals surface area (Å²) in [5, 5.41) is 10.9. The van der Waals surface area contributed by atoms with E-state index < -0.39 is 6.09 Å². The largest absolute Gasteiger partial charge is 0.450 e. The van der Waals surface area contributed by atoms with E-state index in [0.717, 1.165) is 10.6 Å². The van der Waals surface area contributed by atoms with E-state index in [2.05, 4.69) is 20.9 Å². The molecule has 0 aliphatic carbocycles. The predicted molar refractivity (Wildman–Crippen MR) is 94.5 cm³/mol. The summed E-state index contributed by atoms with van der Waals surface area (Å²) in [6.07, 6.45) is 1.17. The third-order valence-electron chi connectivity index (χ3n) is 3.26. The third-order valence-corrected chi connectivity index (χ3v) is 4.22. The number of benzene rings is 1. The fourth-order valence-corrected chi connectivity index (χ4v) is 2.69. The molecule has 0 aliphatic heterocycles. The number of anilines is 2. The van der Waals surface area contributed by atoms with E-state index in [1.165, 1.54) is 11.3 Å². The number of carbonyl (C=O) groups is 2. The molecular weight excluding hydrogens is 328 g/mol. The van der Waals surface area contributed by atoms with Crippen molar-refractivity contribution in [2.24, 2.45) is 0 Å². The maximum Gasteiger partial charge on any atom is 0.411 e. The van der Waals surface area contributed by atoms with Crippen molar-refractivity contribution < 1.29 is 14.3 Å². The zero-order valence-electron chi connectivity index (χ0n) is 13.8. The van der Waals surface area contributed by atoms with Gasteiger partial charge in [0, 0.05) is 23.0 Å². The highest BCUT2D eigenvalue weighted by Crippen LogP contribution is 2.24. The van der Waals surface area contributed by atoms with Gasteiger partial charge in [-0.2, -0.15) is 0 Å². The molecule has 0 bridgehead atoms. The number of ether oxygens (including phenoxy) is 1. The molecule has 0 saturated heterocycles. The van der Waals surface area contributed by atoms with Crippen molar-refractivity contribution in [1.82, 2.24) is 10.3 Å². The van der Waals surface area contributed by atoms with Crippen LogP contribution >= 0.6 is 11.3 Å². The minimum atomic E-state index is -0.528. The maximum absolute atomic E-state index is 12.1. The van der Waals surface area contributed by atoms with Gasteiger partial charge in [0.05, 0.1) is 12.6 Å². The number of amides is 3. The first-order valence-electron chi connectivity index (χ1n) is 7.51. The van der Waals surface area contributed by atoms with E-state index in [0.29, 0.717) is 18.0 Å². The summed E-state index contributed by atoms with van der Waals surface area (Å²) in [7, 11) is 0. The van der Waals surface area contributed by atoms with Gasteiger partial charge in [-0.25, -0.2) is 14.6 Å². The molecule has 0 unspecified atom stereocenters. The maximum atomic E-state index is 12.1. The first-order chi connectivity index (χ1) is 11.5. The van der Waals surface area contributed by atoms with Crippen LogP contribution in [0.4, 0.5) is 21.0 Å². The first kappa shape index (κ1) is 17.7. The molecule has 8 heteroatoms. The van der Waals surface area contributed by atoms with Crippen molar-refractivity contribution in [3.63, 3.8) is 0 Å². The van der Waals surface area contributed by atoms with Gasteiger partial charge in [0.2, 0.25) is 0 Å². The van der Waals surface area contributed by atoms with Gasteiger partial charge in [-0.15, -0.1) is 11.3 Å². The quantitative estimate of drug-likeness (QED) is 0.764. The van der Waals surface area contributed by atoms with Gasteiger partial charge in [-0.05, 0) is 38.5 Å². The van der Waals surface area contributed by atoms with Crippen LogP contribution in [-0.4, -0.2) is 23.7 Å². The number of thiazole rings is 1. The number of nitrogens with one attached hydrogen (secondary N) is 3. The Bertz CT molecular complexity index is 703. The summed E-state index contributed by atoms with van der Waals surface area (Å²) in [5.41, 5.74) is 1.93. The smallest absolute Gasteiger partial charge is 0.411 e. The van der Waals surface area contributed by atoms with Gasteiger partial charge in [-0.3, -0.25) is 5.32 Å². The topological polar surface area (TPSA) is 92.4 Å². The van der Waals surface area contributed by atoms with Crippen LogP contribution in [0.25, 0.3) is 0 Å². The van der Waals surface area contributed by atoms with Crippen molar-refractivity contribution in [1.29, 1.82) is 0 Å². The summed E-state index contributed by atoms with van der Waals surface area (Å²) >= 11 is 1.48. The van der Waals surface area contributed by atoms with Crippen LogP contribution in [0, 0.1) is 6.92 Å². The second kappa shape index (κ2) is 8.30. The normalized spacial score (nSPS) is 11.5. The Hall–Kier alpha value is -2.61. The molecule has 2 aromatic rings. The minimum Gasteiger partial charge on any atom is -0.450 e. The lowest BCUT2D eigenvalue weighted by molar-refractivity contribution is 0.168. The first-order valence-corrected chi connectivity index (χ1v) is 8.39. The van der Waals surface area contributed by atoms with Crippen molar-refractivity contribution in [3.05, 3.63) is 40.3 Å². The fourth-order valence-electron chi connectivity index (χ4n) is 2.05. The minimum absolute atomic E-state index is 0.189. The fraction of sp³-hybridized carbons (Fsp3) is 0.312. The van der Waals surface area contributed by atoms with E-state index >= 15 is 0 Å². The standard InChI is InChI=1S/C16H20N4O3S/c1-4-23-16(22)20-13-7-5-6-12(10(13)2)19-15(21)18-11(3)14-17-8-9-24-14/h5-9,11H,4H2,1-3H3,(H,20,22)(H2,18,19,21)/t11-/m1/s1. The van der Waals surface area contributed by atoms with Crippen LogP contribution in [0.15, 0.2) is 29.8 Å². The molecule has 2 rings (SSSR count). The number of rotatable bonds is 5. The molecule has 1 aromatic carbocycles. The van der Waals surface area contributed by atoms with Crippen molar-refractivity contribution >= 4 is 34.8 Å². The van der Waals surface area contributed by atoms with E-state index in [9.17, 15) is 9.59 Å². The second-order valence-electron chi connectivity index (χ2n) is 5.01. The van der Waals surface area contributed by atoms with Crippen LogP contribution in [-0.2, 0) is 4.74 Å². The Labute approximate surface area is 144 Å². The van der Waals surface area contributed by atoms with E-state index in [4.69, 9.17) is 4.74 Å². The molecule has 128 valence electrons. The average molecular weight is 348 g/mol. The predicted octanol–water partition coefficient (Wildman–Crippen LogP) is 3.90. The van der Waals surface area contributed by atoms with Gasteiger partial charge >= 0.3 is 12.1 Å². The molecule has 0 spiro atoms. The van der Waals surface area contributed by atoms with Gasteiger partial charge in [0.1, 0.15) is 5.01 Å². The molecule has 1 atom stereocenters. The summed E-state index contributed by atoms with van der Waals surface area (Å²) in [4.78, 5) is 27.9. The Morgan fingerprint density at radius 3 is 2.62 bits per heavy atom. The summed E-state index contributed by atoms with van der Waals surface area (Å²) in [6.45, 7) is 5.70. The zero-order valence-corrected chi connectivity index (χ0v) is 14.6. The average Bonchev–Trinajstić information content (AvgIpc) is 3.06. The van der Waals surface area contributed by atoms with Gasteiger partial charge < -0.3 is 15.4 Å². The lowest BCUT2D eigenvalue weighted by Gasteiger charge is -2.15. The van der Waals surface area contributed by atoms with E-state index in [-0.39, 0.29) is 12.1 Å². The third kappa shape index (κ3) is 4.69. The van der Waals surface area contributed by atoms with Crippen molar-refractivity contribution in [2.45, 2.75) is 26.8 Å². The summed E-state index contributed by atoms with van der Waals surface area (Å²) in [6, 6.07) is 4.72. The summed E-state index contributed by atoms with van der Waals surface area (Å²) < 4.78 is 4.86. The van der Waals surface area contributed by atoms with Crippen LogP contribution in [0.2, 0.25) is 0 Å². The molecule has 1 aromatic heterocycles. The molecule has 0 radical (unpaired) electrons. The Balaban J connectivity index is 2.01. The molecule has 0 fully saturated rings. The number of urea groups is 1. The molecule has 3 N–H and O–H groups in total. The molecule has 3 amide bonds. The Kier molecular flexibility index (Phi) is 6.14. The molecule has 0 saturated carbocycles. The number of carbonyl (C=O) groups excluding carboxylic acids is 2. The lowest BCUT2D eigenvalue weighted by atomic mass is 10.1. The number of hydrogen-bond donors (Lipinski definition) is 3. The molecular formula is C16H20N4O3S. The van der Waals surface area contributed by atoms with Gasteiger partial charge in [0.25, 0.3) is 0 Å². The van der Waals surface area contributed by atoms with E-state index in [1.54, 1.807) is 38.2 Å². The van der Waals surface area contributed by atoms with Crippen LogP contribution in [0.5, 0.6) is 0 Å². The summed E-state index contributed by atoms with van der Waals surface area (Å²) in [5.74, 6) is 0. The molecule has 0 aliphatic rings. The Morgan fingerprint density at radius 2 is 2.00 bits per heavy atom.